The molecule has 0 saturated carbocycles. The van der Waals surface area contributed by atoms with E-state index in [9.17, 15) is 18.4 Å². The van der Waals surface area contributed by atoms with Gasteiger partial charge >= 0.3 is 12.6 Å². The Labute approximate surface area is 160 Å². The third-order valence-electron chi connectivity index (χ3n) is 3.57. The fraction of sp³-hybridized carbons (Fsp3) is 0.333. The van der Waals surface area contributed by atoms with E-state index < -0.39 is 18.5 Å². The van der Waals surface area contributed by atoms with Crippen molar-refractivity contribution in [3.8, 4) is 11.5 Å². The van der Waals surface area contributed by atoms with Gasteiger partial charge in [0.2, 0.25) is 5.91 Å². The molecule has 1 aromatic carbocycles. The highest BCUT2D eigenvalue weighted by atomic mass is 19.3. The lowest BCUT2D eigenvalue weighted by Crippen LogP contribution is -2.43. The highest BCUT2D eigenvalue weighted by Crippen LogP contribution is 2.29. The molecule has 2 N–H and O–H groups in total. The first-order valence-electron chi connectivity index (χ1n) is 8.27. The van der Waals surface area contributed by atoms with Crippen LogP contribution in [0.1, 0.15) is 11.3 Å². The highest BCUT2D eigenvalue weighted by Gasteiger charge is 2.14. The number of urea groups is 1. The molecule has 1 aromatic heterocycles. The monoisotopic (exact) mass is 397 g/mol. The van der Waals surface area contributed by atoms with Gasteiger partial charge in [-0.15, -0.1) is 0 Å². The predicted molar refractivity (Wildman–Crippen MR) is 95.0 cm³/mol. The summed E-state index contributed by atoms with van der Waals surface area (Å²) in [6.07, 6.45) is 1.48. The lowest BCUT2D eigenvalue weighted by atomic mass is 10.2. The molecule has 0 radical (unpaired) electrons. The third kappa shape index (κ3) is 6.88. The number of hydrogen-bond acceptors (Lipinski definition) is 6. The summed E-state index contributed by atoms with van der Waals surface area (Å²) in [7, 11) is 3.02. The molecule has 0 aliphatic rings. The molecule has 0 bridgehead atoms. The zero-order valence-electron chi connectivity index (χ0n) is 15.4. The van der Waals surface area contributed by atoms with Crippen molar-refractivity contribution in [3.63, 3.8) is 0 Å². The van der Waals surface area contributed by atoms with Crippen molar-refractivity contribution < 1.29 is 32.3 Å². The zero-order valence-corrected chi connectivity index (χ0v) is 15.4. The van der Waals surface area contributed by atoms with Crippen LogP contribution in [0.4, 0.5) is 13.6 Å². The summed E-state index contributed by atoms with van der Waals surface area (Å²) in [4.78, 5) is 25.3. The van der Waals surface area contributed by atoms with Crippen LogP contribution in [-0.2, 0) is 17.9 Å². The lowest BCUT2D eigenvalue weighted by molar-refractivity contribution is -0.121. The molecule has 10 heteroatoms. The number of rotatable bonds is 9. The number of carbonyl (C=O) groups is 2. The molecule has 0 fully saturated rings. The number of halogens is 2. The van der Waals surface area contributed by atoms with Crippen LogP contribution in [0.15, 0.2) is 41.0 Å². The van der Waals surface area contributed by atoms with Crippen molar-refractivity contribution in [2.45, 2.75) is 19.7 Å². The van der Waals surface area contributed by atoms with Crippen molar-refractivity contribution in [1.29, 1.82) is 0 Å². The number of nitrogens with one attached hydrogen (secondary N) is 2. The molecule has 0 aliphatic carbocycles. The molecule has 1 heterocycles. The number of alkyl halides is 2. The first kappa shape index (κ1) is 21.2. The predicted octanol–water partition coefficient (Wildman–Crippen LogP) is 2.35. The Morgan fingerprint density at radius 3 is 2.68 bits per heavy atom. The minimum atomic E-state index is -2.95. The van der Waals surface area contributed by atoms with Crippen LogP contribution in [0.3, 0.4) is 0 Å². The summed E-state index contributed by atoms with van der Waals surface area (Å²) < 4.78 is 39.2. The molecule has 2 aromatic rings. The van der Waals surface area contributed by atoms with E-state index in [4.69, 9.17) is 9.15 Å². The Bertz CT molecular complexity index is 784. The fourth-order valence-electron chi connectivity index (χ4n) is 2.41. The molecule has 28 heavy (non-hydrogen) atoms. The fourth-order valence-corrected chi connectivity index (χ4v) is 2.41. The minimum absolute atomic E-state index is 0.0498. The van der Waals surface area contributed by atoms with Gasteiger partial charge in [0.1, 0.15) is 5.76 Å². The van der Waals surface area contributed by atoms with E-state index in [-0.39, 0.29) is 24.6 Å². The summed E-state index contributed by atoms with van der Waals surface area (Å²) in [5, 5.41) is 4.71. The Morgan fingerprint density at radius 1 is 1.25 bits per heavy atom. The van der Waals surface area contributed by atoms with Crippen molar-refractivity contribution in [2.24, 2.45) is 0 Å². The maximum atomic E-state index is 12.4. The topological polar surface area (TPSA) is 93.0 Å². The normalized spacial score (nSPS) is 10.8. The molecule has 3 amide bonds. The summed E-state index contributed by atoms with van der Waals surface area (Å²) >= 11 is 0. The minimum Gasteiger partial charge on any atom is -0.493 e. The lowest BCUT2D eigenvalue weighted by Gasteiger charge is -2.17. The van der Waals surface area contributed by atoms with Gasteiger partial charge in [0.25, 0.3) is 0 Å². The smallest absolute Gasteiger partial charge is 0.387 e. The highest BCUT2D eigenvalue weighted by molar-refractivity contribution is 5.95. The molecule has 2 rings (SSSR count). The largest absolute Gasteiger partial charge is 0.493 e. The standard InChI is InChI=1S/C18H21F2N3O5/c1-23(10-12-5-6-14(28-17(19)20)15(8-12)26-2)11-16(24)22-18(25)21-9-13-4-3-7-27-13/h3-8,17H,9-11H2,1-2H3,(H2,21,22,24,25). The van der Waals surface area contributed by atoms with Crippen LogP contribution < -0.4 is 20.1 Å². The number of likely N-dealkylation sites (N-methyl/N-ethyl adjacent to an activating group) is 1. The number of methoxy groups -OCH3 is 1. The van der Waals surface area contributed by atoms with Crippen LogP contribution in [0, 0.1) is 0 Å². The van der Waals surface area contributed by atoms with Gasteiger partial charge in [-0.1, -0.05) is 6.07 Å². The number of furan rings is 1. The first-order chi connectivity index (χ1) is 13.4. The first-order valence-corrected chi connectivity index (χ1v) is 8.27. The average molecular weight is 397 g/mol. The second kappa shape index (κ2) is 10.3. The second-order valence-electron chi connectivity index (χ2n) is 5.85. The van der Waals surface area contributed by atoms with Crippen LogP contribution >= 0.6 is 0 Å². The molecule has 0 spiro atoms. The molecule has 0 unspecified atom stereocenters. The zero-order chi connectivity index (χ0) is 20.5. The van der Waals surface area contributed by atoms with Gasteiger partial charge in [-0.05, 0) is 36.9 Å². The Hall–Kier alpha value is -3.14. The van der Waals surface area contributed by atoms with Gasteiger partial charge in [-0.25, -0.2) is 4.79 Å². The van der Waals surface area contributed by atoms with E-state index in [2.05, 4.69) is 15.4 Å². The maximum absolute atomic E-state index is 12.4. The van der Waals surface area contributed by atoms with Crippen LogP contribution in [0.25, 0.3) is 0 Å². The summed E-state index contributed by atoms with van der Waals surface area (Å²) in [5.41, 5.74) is 0.719. The van der Waals surface area contributed by atoms with E-state index in [0.29, 0.717) is 12.3 Å². The van der Waals surface area contributed by atoms with Gasteiger partial charge in [-0.2, -0.15) is 8.78 Å². The van der Waals surface area contributed by atoms with Crippen molar-refractivity contribution in [1.82, 2.24) is 15.5 Å². The number of carbonyl (C=O) groups excluding carboxylic acids is 2. The van der Waals surface area contributed by atoms with Crippen LogP contribution in [-0.4, -0.2) is 44.2 Å². The van der Waals surface area contributed by atoms with Gasteiger partial charge in [-0.3, -0.25) is 15.0 Å². The quantitative estimate of drug-likeness (QED) is 0.675. The van der Waals surface area contributed by atoms with E-state index >= 15 is 0 Å². The summed E-state index contributed by atoms with van der Waals surface area (Å²) in [5.74, 6) is 0.153. The molecule has 0 atom stereocenters. The van der Waals surface area contributed by atoms with E-state index in [1.54, 1.807) is 36.2 Å². The van der Waals surface area contributed by atoms with Gasteiger partial charge in [0, 0.05) is 6.54 Å². The van der Waals surface area contributed by atoms with Gasteiger partial charge in [0.15, 0.2) is 11.5 Å². The Balaban J connectivity index is 1.81. The molecule has 152 valence electrons. The van der Waals surface area contributed by atoms with E-state index in [1.165, 1.54) is 19.4 Å². The number of amides is 3. The molecular formula is C18H21F2N3O5. The van der Waals surface area contributed by atoms with Crippen molar-refractivity contribution in [2.75, 3.05) is 20.7 Å². The van der Waals surface area contributed by atoms with E-state index in [0.717, 1.165) is 5.56 Å². The second-order valence-corrected chi connectivity index (χ2v) is 5.85. The number of nitrogens with zero attached hydrogens (tertiary/aromatic N) is 1. The summed E-state index contributed by atoms with van der Waals surface area (Å²) in [6, 6.07) is 7.26. The van der Waals surface area contributed by atoms with Crippen LogP contribution in [0.2, 0.25) is 0 Å². The van der Waals surface area contributed by atoms with Gasteiger partial charge in [0.05, 0.1) is 26.5 Å². The Kier molecular flexibility index (Phi) is 7.76. The third-order valence-corrected chi connectivity index (χ3v) is 3.57. The van der Waals surface area contributed by atoms with E-state index in [1.807, 2.05) is 0 Å². The molecule has 8 nitrogen and oxygen atoms in total. The number of imide groups is 1. The van der Waals surface area contributed by atoms with Gasteiger partial charge < -0.3 is 19.2 Å². The number of hydrogen-bond donors (Lipinski definition) is 2. The molecule has 0 aliphatic heterocycles. The summed E-state index contributed by atoms with van der Waals surface area (Å²) in [6.45, 7) is -2.52. The number of ether oxygens (including phenoxy) is 2. The maximum Gasteiger partial charge on any atom is 0.387 e. The van der Waals surface area contributed by atoms with Crippen LogP contribution in [0.5, 0.6) is 11.5 Å². The molecular weight excluding hydrogens is 376 g/mol. The van der Waals surface area contributed by atoms with Crippen molar-refractivity contribution in [3.05, 3.63) is 47.9 Å². The number of benzene rings is 1. The SMILES string of the molecule is COc1cc(CN(C)CC(=O)NC(=O)NCc2ccco2)ccc1OC(F)F. The Morgan fingerprint density at radius 2 is 2.04 bits per heavy atom. The average Bonchev–Trinajstić information content (AvgIpc) is 3.14. The molecule has 0 saturated heterocycles. The van der Waals surface area contributed by atoms with Crippen molar-refractivity contribution >= 4 is 11.9 Å².